The van der Waals surface area contributed by atoms with Crippen LogP contribution in [0.2, 0.25) is 10.0 Å². The first-order valence-corrected chi connectivity index (χ1v) is 8.95. The van der Waals surface area contributed by atoms with Gasteiger partial charge in [0.15, 0.2) is 10.9 Å². The fourth-order valence-electron chi connectivity index (χ4n) is 2.36. The van der Waals surface area contributed by atoms with Gasteiger partial charge >= 0.3 is 0 Å². The lowest BCUT2D eigenvalue weighted by Gasteiger charge is -2.11. The number of ether oxygens (including phenoxy) is 1. The van der Waals surface area contributed by atoms with Crippen molar-refractivity contribution in [3.63, 3.8) is 0 Å². The van der Waals surface area contributed by atoms with E-state index in [2.05, 4.69) is 10.6 Å². The summed E-state index contributed by atoms with van der Waals surface area (Å²) >= 11 is 17.4. The molecule has 3 rings (SSSR count). The Morgan fingerprint density at radius 1 is 1.07 bits per heavy atom. The third kappa shape index (κ3) is 4.42. The van der Waals surface area contributed by atoms with Gasteiger partial charge < -0.3 is 14.5 Å². The molecule has 0 spiro atoms. The zero-order chi connectivity index (χ0) is 19.4. The zero-order valence-electron chi connectivity index (χ0n) is 14.1. The highest BCUT2D eigenvalue weighted by Crippen LogP contribution is 2.34. The summed E-state index contributed by atoms with van der Waals surface area (Å²) in [6, 6.07) is 15.6. The summed E-state index contributed by atoms with van der Waals surface area (Å²) in [4.78, 5) is 12.4. The maximum atomic E-state index is 12.4. The van der Waals surface area contributed by atoms with Gasteiger partial charge in [-0.05, 0) is 48.6 Å². The first kappa shape index (κ1) is 19.2. The van der Waals surface area contributed by atoms with Crippen molar-refractivity contribution in [3.8, 4) is 17.1 Å². The number of anilines is 1. The molecule has 0 aliphatic carbocycles. The Kier molecular flexibility index (Phi) is 6.01. The van der Waals surface area contributed by atoms with Crippen LogP contribution in [0.1, 0.15) is 10.6 Å². The minimum absolute atomic E-state index is 0.0882. The minimum atomic E-state index is -0.494. The first-order chi connectivity index (χ1) is 13.0. The highest BCUT2D eigenvalue weighted by molar-refractivity contribution is 7.80. The van der Waals surface area contributed by atoms with Crippen molar-refractivity contribution in [3.05, 3.63) is 70.4 Å². The molecule has 0 aliphatic heterocycles. The van der Waals surface area contributed by atoms with E-state index in [9.17, 15) is 4.79 Å². The van der Waals surface area contributed by atoms with Crippen LogP contribution in [0, 0.1) is 0 Å². The van der Waals surface area contributed by atoms with Gasteiger partial charge in [-0.3, -0.25) is 10.1 Å². The van der Waals surface area contributed by atoms with E-state index in [-0.39, 0.29) is 10.9 Å². The highest BCUT2D eigenvalue weighted by Gasteiger charge is 2.16. The largest absolute Gasteiger partial charge is 0.495 e. The van der Waals surface area contributed by atoms with Gasteiger partial charge in [-0.2, -0.15) is 0 Å². The summed E-state index contributed by atoms with van der Waals surface area (Å²) in [5.74, 6) is 0.623. The maximum absolute atomic E-state index is 12.4. The molecule has 8 heteroatoms. The number of carbonyl (C=O) groups is 1. The van der Waals surface area contributed by atoms with Gasteiger partial charge in [0.05, 0.1) is 22.8 Å². The first-order valence-electron chi connectivity index (χ1n) is 7.79. The van der Waals surface area contributed by atoms with Crippen LogP contribution < -0.4 is 15.4 Å². The Bertz CT molecular complexity index is 1000. The molecule has 2 aromatic carbocycles. The molecule has 0 atom stereocenters. The van der Waals surface area contributed by atoms with E-state index in [1.165, 1.54) is 6.07 Å². The van der Waals surface area contributed by atoms with Crippen LogP contribution in [0.3, 0.4) is 0 Å². The fraction of sp³-hybridized carbons (Fsp3) is 0.0526. The van der Waals surface area contributed by atoms with Crippen molar-refractivity contribution in [2.24, 2.45) is 0 Å². The number of hydrogen-bond donors (Lipinski definition) is 2. The summed E-state index contributed by atoms with van der Waals surface area (Å²) in [5.41, 5.74) is 1.23. The molecule has 1 aromatic heterocycles. The van der Waals surface area contributed by atoms with E-state index in [1.807, 2.05) is 12.1 Å². The Morgan fingerprint density at radius 3 is 2.63 bits per heavy atom. The SMILES string of the molecule is COc1ccccc1NC(=S)NC(=O)c1ccc(-c2cccc(Cl)c2Cl)o1. The molecule has 0 fully saturated rings. The number of furan rings is 1. The lowest BCUT2D eigenvalue weighted by molar-refractivity contribution is 0.0951. The van der Waals surface area contributed by atoms with Gasteiger partial charge in [0.2, 0.25) is 0 Å². The third-order valence-corrected chi connectivity index (χ3v) is 4.65. The number of para-hydroxylation sites is 2. The molecule has 0 bridgehead atoms. The molecule has 0 saturated heterocycles. The Morgan fingerprint density at radius 2 is 1.85 bits per heavy atom. The van der Waals surface area contributed by atoms with Crippen LogP contribution in [0.4, 0.5) is 5.69 Å². The Balaban J connectivity index is 1.71. The Labute approximate surface area is 171 Å². The second kappa shape index (κ2) is 8.43. The number of benzene rings is 2. The van der Waals surface area contributed by atoms with E-state index < -0.39 is 5.91 Å². The Hall–Kier alpha value is -2.54. The standard InChI is InChI=1S/C19H14Cl2N2O3S/c1-25-15-8-3-2-7-13(15)22-19(27)23-18(24)16-10-9-14(26-16)11-5-4-6-12(20)17(11)21/h2-10H,1H3,(H2,22,23,24,27). The molecule has 3 aromatic rings. The number of amides is 1. The molecule has 5 nitrogen and oxygen atoms in total. The van der Waals surface area contributed by atoms with Crippen molar-refractivity contribution < 1.29 is 13.9 Å². The number of nitrogens with one attached hydrogen (secondary N) is 2. The van der Waals surface area contributed by atoms with Gasteiger partial charge in [0, 0.05) is 5.56 Å². The molecule has 0 radical (unpaired) electrons. The molecule has 2 N–H and O–H groups in total. The summed E-state index contributed by atoms with van der Waals surface area (Å²) in [6.45, 7) is 0. The van der Waals surface area contributed by atoms with Crippen molar-refractivity contribution in [1.82, 2.24) is 5.32 Å². The van der Waals surface area contributed by atoms with E-state index in [1.54, 1.807) is 43.5 Å². The number of thiocarbonyl (C=S) groups is 1. The lowest BCUT2D eigenvalue weighted by atomic mass is 10.2. The lowest BCUT2D eigenvalue weighted by Crippen LogP contribution is -2.34. The van der Waals surface area contributed by atoms with Crippen molar-refractivity contribution in [1.29, 1.82) is 0 Å². The second-order valence-electron chi connectivity index (χ2n) is 5.37. The van der Waals surface area contributed by atoms with Crippen LogP contribution in [-0.2, 0) is 0 Å². The summed E-state index contributed by atoms with van der Waals surface area (Å²) in [6.07, 6.45) is 0. The summed E-state index contributed by atoms with van der Waals surface area (Å²) in [7, 11) is 1.55. The summed E-state index contributed by atoms with van der Waals surface area (Å²) < 4.78 is 10.8. The van der Waals surface area contributed by atoms with E-state index in [4.69, 9.17) is 44.6 Å². The molecular formula is C19H14Cl2N2O3S. The van der Waals surface area contributed by atoms with Gasteiger partial charge in [0.25, 0.3) is 5.91 Å². The smallest absolute Gasteiger partial charge is 0.293 e. The summed E-state index contributed by atoms with van der Waals surface area (Å²) in [5, 5.41) is 6.34. The molecular weight excluding hydrogens is 407 g/mol. The van der Waals surface area contributed by atoms with Crippen LogP contribution in [-0.4, -0.2) is 18.1 Å². The normalized spacial score (nSPS) is 10.3. The van der Waals surface area contributed by atoms with Crippen molar-refractivity contribution >= 4 is 52.1 Å². The predicted molar refractivity (Wildman–Crippen MR) is 111 cm³/mol. The third-order valence-electron chi connectivity index (χ3n) is 3.63. The topological polar surface area (TPSA) is 63.5 Å². The second-order valence-corrected chi connectivity index (χ2v) is 6.57. The van der Waals surface area contributed by atoms with Crippen LogP contribution in [0.5, 0.6) is 5.75 Å². The quantitative estimate of drug-likeness (QED) is 0.554. The van der Waals surface area contributed by atoms with Gasteiger partial charge in [0.1, 0.15) is 11.5 Å². The zero-order valence-corrected chi connectivity index (χ0v) is 16.4. The molecule has 138 valence electrons. The maximum Gasteiger partial charge on any atom is 0.293 e. The van der Waals surface area contributed by atoms with E-state index >= 15 is 0 Å². The molecule has 1 amide bonds. The molecule has 1 heterocycles. The average Bonchev–Trinajstić information content (AvgIpc) is 3.14. The number of methoxy groups -OCH3 is 1. The molecule has 0 saturated carbocycles. The van der Waals surface area contributed by atoms with Gasteiger partial charge in [-0.1, -0.05) is 41.4 Å². The monoisotopic (exact) mass is 420 g/mol. The molecule has 0 unspecified atom stereocenters. The van der Waals surface area contributed by atoms with E-state index in [0.717, 1.165) is 0 Å². The van der Waals surface area contributed by atoms with Crippen LogP contribution >= 0.6 is 35.4 Å². The predicted octanol–water partition coefficient (Wildman–Crippen LogP) is 5.39. The number of carbonyl (C=O) groups excluding carboxylic acids is 1. The number of hydrogen-bond acceptors (Lipinski definition) is 4. The van der Waals surface area contributed by atoms with Gasteiger partial charge in [-0.25, -0.2) is 0 Å². The number of halogens is 2. The van der Waals surface area contributed by atoms with Gasteiger partial charge in [-0.15, -0.1) is 0 Å². The van der Waals surface area contributed by atoms with Crippen molar-refractivity contribution in [2.75, 3.05) is 12.4 Å². The average molecular weight is 421 g/mol. The van der Waals surface area contributed by atoms with Crippen LogP contribution in [0.25, 0.3) is 11.3 Å². The minimum Gasteiger partial charge on any atom is -0.495 e. The van der Waals surface area contributed by atoms with Crippen molar-refractivity contribution in [2.45, 2.75) is 0 Å². The molecule has 27 heavy (non-hydrogen) atoms. The molecule has 0 aliphatic rings. The highest BCUT2D eigenvalue weighted by atomic mass is 35.5. The number of rotatable bonds is 4. The van der Waals surface area contributed by atoms with Crippen LogP contribution in [0.15, 0.2) is 59.0 Å². The fourth-order valence-corrected chi connectivity index (χ4v) is 2.96. The van der Waals surface area contributed by atoms with E-state index in [0.29, 0.717) is 32.8 Å².